The number of hydrogen-bond donors (Lipinski definition) is 1. The Balaban J connectivity index is 2.07. The Kier molecular flexibility index (Phi) is 4.82. The van der Waals surface area contributed by atoms with Crippen LogP contribution in [0.2, 0.25) is 0 Å². The molecule has 1 aromatic rings. The van der Waals surface area contributed by atoms with Crippen LogP contribution in [0.3, 0.4) is 0 Å². The van der Waals surface area contributed by atoms with Crippen molar-refractivity contribution >= 4 is 17.3 Å². The molecule has 1 aliphatic rings. The quantitative estimate of drug-likeness (QED) is 0.915. The second-order valence-corrected chi connectivity index (χ2v) is 5.46. The fourth-order valence-electron chi connectivity index (χ4n) is 2.65. The van der Waals surface area contributed by atoms with Crippen molar-refractivity contribution in [2.75, 3.05) is 30.8 Å². The first kappa shape index (κ1) is 14.6. The lowest BCUT2D eigenvalue weighted by atomic mass is 10.2. The first-order valence-electron chi connectivity index (χ1n) is 7.32. The molecule has 1 unspecified atom stereocenters. The maximum absolute atomic E-state index is 12.6. The van der Waals surface area contributed by atoms with Gasteiger partial charge in [0.1, 0.15) is 6.04 Å². The van der Waals surface area contributed by atoms with E-state index in [2.05, 4.69) is 4.98 Å². The molecule has 2 rings (SSSR count). The molecule has 1 aliphatic heterocycles. The Morgan fingerprint density at radius 2 is 2.00 bits per heavy atom. The van der Waals surface area contributed by atoms with Crippen LogP contribution in [0.1, 0.15) is 32.6 Å². The molecule has 1 amide bonds. The second-order valence-electron chi connectivity index (χ2n) is 5.46. The van der Waals surface area contributed by atoms with Crippen molar-refractivity contribution < 1.29 is 4.79 Å². The third kappa shape index (κ3) is 3.21. The Bertz CT molecular complexity index is 455. The van der Waals surface area contributed by atoms with Gasteiger partial charge in [0, 0.05) is 26.3 Å². The SMILES string of the molecule is CC(C(=O)N1CCCCCC1)N(C)c1ccncc1N. The van der Waals surface area contributed by atoms with E-state index >= 15 is 0 Å². The van der Waals surface area contributed by atoms with Crippen molar-refractivity contribution in [3.63, 3.8) is 0 Å². The van der Waals surface area contributed by atoms with Gasteiger partial charge >= 0.3 is 0 Å². The van der Waals surface area contributed by atoms with Crippen LogP contribution in [0.15, 0.2) is 18.5 Å². The zero-order valence-corrected chi connectivity index (χ0v) is 12.4. The summed E-state index contributed by atoms with van der Waals surface area (Å²) < 4.78 is 0. The van der Waals surface area contributed by atoms with Gasteiger partial charge in [0.2, 0.25) is 5.91 Å². The zero-order valence-electron chi connectivity index (χ0n) is 12.4. The van der Waals surface area contributed by atoms with E-state index in [0.717, 1.165) is 31.6 Å². The molecule has 1 atom stereocenters. The number of nitrogens with zero attached hydrogens (tertiary/aromatic N) is 3. The molecule has 1 fully saturated rings. The number of nitrogen functional groups attached to an aromatic ring is 1. The van der Waals surface area contributed by atoms with Gasteiger partial charge in [-0.15, -0.1) is 0 Å². The number of pyridine rings is 1. The minimum atomic E-state index is -0.210. The summed E-state index contributed by atoms with van der Waals surface area (Å²) in [5, 5.41) is 0. The lowest BCUT2D eigenvalue weighted by Gasteiger charge is -2.31. The third-order valence-electron chi connectivity index (χ3n) is 4.06. The van der Waals surface area contributed by atoms with Gasteiger partial charge in [-0.05, 0) is 25.8 Å². The molecule has 20 heavy (non-hydrogen) atoms. The minimum Gasteiger partial charge on any atom is -0.396 e. The van der Waals surface area contributed by atoms with Gasteiger partial charge in [0.05, 0.1) is 17.6 Å². The van der Waals surface area contributed by atoms with Crippen LogP contribution < -0.4 is 10.6 Å². The average Bonchev–Trinajstić information content (AvgIpc) is 2.74. The Morgan fingerprint density at radius 1 is 1.35 bits per heavy atom. The predicted molar refractivity (Wildman–Crippen MR) is 81.6 cm³/mol. The maximum atomic E-state index is 12.6. The molecule has 1 saturated heterocycles. The molecule has 0 saturated carbocycles. The smallest absolute Gasteiger partial charge is 0.244 e. The van der Waals surface area contributed by atoms with Gasteiger partial charge in [0.25, 0.3) is 0 Å². The molecule has 2 heterocycles. The number of carbonyl (C=O) groups is 1. The van der Waals surface area contributed by atoms with Crippen molar-refractivity contribution in [1.29, 1.82) is 0 Å². The molecule has 0 aromatic carbocycles. The van der Waals surface area contributed by atoms with Crippen LogP contribution >= 0.6 is 0 Å². The van der Waals surface area contributed by atoms with Crippen LogP contribution in [-0.2, 0) is 4.79 Å². The lowest BCUT2D eigenvalue weighted by Crippen LogP contribution is -2.46. The Morgan fingerprint density at radius 3 is 2.60 bits per heavy atom. The fourth-order valence-corrected chi connectivity index (χ4v) is 2.65. The number of aromatic nitrogens is 1. The predicted octanol–water partition coefficient (Wildman–Crippen LogP) is 1.89. The van der Waals surface area contributed by atoms with Crippen molar-refractivity contribution in [3.8, 4) is 0 Å². The maximum Gasteiger partial charge on any atom is 0.244 e. The van der Waals surface area contributed by atoms with E-state index in [0.29, 0.717) is 5.69 Å². The monoisotopic (exact) mass is 276 g/mol. The fraction of sp³-hybridized carbons (Fsp3) is 0.600. The summed E-state index contributed by atoms with van der Waals surface area (Å²) in [7, 11) is 1.91. The molecule has 110 valence electrons. The highest BCUT2D eigenvalue weighted by Crippen LogP contribution is 2.23. The molecular formula is C15H24N4O. The molecule has 0 spiro atoms. The molecule has 2 N–H and O–H groups in total. The molecule has 0 bridgehead atoms. The summed E-state index contributed by atoms with van der Waals surface area (Å²) in [6.45, 7) is 3.69. The van der Waals surface area contributed by atoms with E-state index in [1.165, 1.54) is 12.8 Å². The van der Waals surface area contributed by atoms with Crippen molar-refractivity contribution in [2.45, 2.75) is 38.6 Å². The highest BCUT2D eigenvalue weighted by atomic mass is 16.2. The largest absolute Gasteiger partial charge is 0.396 e. The molecule has 1 aromatic heterocycles. The van der Waals surface area contributed by atoms with Gasteiger partial charge in [0.15, 0.2) is 0 Å². The first-order chi connectivity index (χ1) is 9.61. The van der Waals surface area contributed by atoms with Gasteiger partial charge in [-0.3, -0.25) is 9.78 Å². The number of amides is 1. The van der Waals surface area contributed by atoms with E-state index in [-0.39, 0.29) is 11.9 Å². The number of likely N-dealkylation sites (N-methyl/N-ethyl adjacent to an activating group) is 1. The average molecular weight is 276 g/mol. The Hall–Kier alpha value is -1.78. The molecule has 5 nitrogen and oxygen atoms in total. The Labute approximate surface area is 120 Å². The van der Waals surface area contributed by atoms with Gasteiger partial charge in [-0.1, -0.05) is 12.8 Å². The van der Waals surface area contributed by atoms with Crippen LogP contribution in [0.25, 0.3) is 0 Å². The van der Waals surface area contributed by atoms with E-state index in [1.807, 2.05) is 29.8 Å². The highest BCUT2D eigenvalue weighted by Gasteiger charge is 2.25. The summed E-state index contributed by atoms with van der Waals surface area (Å²) in [6, 6.07) is 1.64. The topological polar surface area (TPSA) is 62.5 Å². The number of rotatable bonds is 3. The molecule has 5 heteroatoms. The summed E-state index contributed by atoms with van der Waals surface area (Å²) in [6.07, 6.45) is 8.00. The number of hydrogen-bond acceptors (Lipinski definition) is 4. The highest BCUT2D eigenvalue weighted by molar-refractivity contribution is 5.86. The standard InChI is InChI=1S/C15H24N4O/c1-12(15(20)19-9-5-3-4-6-10-19)18(2)14-7-8-17-11-13(14)16/h7-8,11-12H,3-6,9-10,16H2,1-2H3. The number of nitrogens with two attached hydrogens (primary N) is 1. The number of likely N-dealkylation sites (tertiary alicyclic amines) is 1. The summed E-state index contributed by atoms with van der Waals surface area (Å²) in [4.78, 5) is 20.5. The van der Waals surface area contributed by atoms with Crippen LogP contribution in [-0.4, -0.2) is 42.0 Å². The van der Waals surface area contributed by atoms with E-state index in [1.54, 1.807) is 12.4 Å². The normalized spacial score (nSPS) is 17.4. The zero-order chi connectivity index (χ0) is 14.5. The molecule has 0 aliphatic carbocycles. The van der Waals surface area contributed by atoms with Gasteiger partial charge in [-0.25, -0.2) is 0 Å². The molecular weight excluding hydrogens is 252 g/mol. The van der Waals surface area contributed by atoms with Crippen LogP contribution in [0.4, 0.5) is 11.4 Å². The summed E-state index contributed by atoms with van der Waals surface area (Å²) >= 11 is 0. The van der Waals surface area contributed by atoms with Gasteiger partial charge < -0.3 is 15.5 Å². The van der Waals surface area contributed by atoms with E-state index < -0.39 is 0 Å². The summed E-state index contributed by atoms with van der Waals surface area (Å²) in [5.41, 5.74) is 7.39. The summed E-state index contributed by atoms with van der Waals surface area (Å²) in [5.74, 6) is 0.186. The van der Waals surface area contributed by atoms with Crippen molar-refractivity contribution in [3.05, 3.63) is 18.5 Å². The van der Waals surface area contributed by atoms with Crippen molar-refractivity contribution in [1.82, 2.24) is 9.88 Å². The van der Waals surface area contributed by atoms with Crippen LogP contribution in [0.5, 0.6) is 0 Å². The second kappa shape index (κ2) is 6.59. The minimum absolute atomic E-state index is 0.186. The number of anilines is 2. The third-order valence-corrected chi connectivity index (χ3v) is 4.06. The number of carbonyl (C=O) groups excluding carboxylic acids is 1. The van der Waals surface area contributed by atoms with E-state index in [9.17, 15) is 4.79 Å². The lowest BCUT2D eigenvalue weighted by molar-refractivity contribution is -0.132. The van der Waals surface area contributed by atoms with Crippen LogP contribution in [0, 0.1) is 0 Å². The molecule has 0 radical (unpaired) electrons. The van der Waals surface area contributed by atoms with Gasteiger partial charge in [-0.2, -0.15) is 0 Å². The van der Waals surface area contributed by atoms with E-state index in [4.69, 9.17) is 5.73 Å². The van der Waals surface area contributed by atoms with Crippen molar-refractivity contribution in [2.24, 2.45) is 0 Å². The first-order valence-corrected chi connectivity index (χ1v) is 7.32.